The quantitative estimate of drug-likeness (QED) is 0.617. The van der Waals surface area contributed by atoms with Crippen molar-refractivity contribution in [3.05, 3.63) is 0 Å². The summed E-state index contributed by atoms with van der Waals surface area (Å²) >= 11 is 0. The monoisotopic (exact) mass is 217 g/mol. The minimum atomic E-state index is -1.70. The van der Waals surface area contributed by atoms with Gasteiger partial charge in [-0.25, -0.2) is 0 Å². The number of carbonyl (C=O) groups is 1. The highest BCUT2D eigenvalue weighted by Gasteiger charge is 2.47. The van der Waals surface area contributed by atoms with Crippen LogP contribution >= 0.6 is 0 Å². The minimum absolute atomic E-state index is 0.277. The predicted molar refractivity (Wildman–Crippen MR) is 59.5 cm³/mol. The Morgan fingerprint density at radius 2 is 1.80 bits per heavy atom. The van der Waals surface area contributed by atoms with E-state index < -0.39 is 17.1 Å². The Hall–Kier alpha value is -0.610. The molecule has 0 spiro atoms. The van der Waals surface area contributed by atoms with E-state index in [2.05, 4.69) is 5.32 Å². The van der Waals surface area contributed by atoms with Crippen molar-refractivity contribution in [2.45, 2.75) is 58.2 Å². The summed E-state index contributed by atoms with van der Waals surface area (Å²) in [6, 6.07) is 0. The van der Waals surface area contributed by atoms with Gasteiger partial charge in [0.1, 0.15) is 0 Å². The Morgan fingerprint density at radius 3 is 2.13 bits per heavy atom. The smallest absolute Gasteiger partial charge is 0.254 e. The Labute approximate surface area is 91.7 Å². The van der Waals surface area contributed by atoms with Gasteiger partial charge in [0.15, 0.2) is 5.60 Å². The van der Waals surface area contributed by atoms with Crippen molar-refractivity contribution >= 4 is 5.91 Å². The van der Waals surface area contributed by atoms with Crippen molar-refractivity contribution in [3.8, 4) is 0 Å². The third-order valence-electron chi connectivity index (χ3n) is 2.62. The number of hydrogen-bond acceptors (Lipinski definition) is 3. The maximum atomic E-state index is 11.7. The number of amides is 1. The Balaban J connectivity index is 4.77. The van der Waals surface area contributed by atoms with Gasteiger partial charge in [-0.3, -0.25) is 4.79 Å². The molecule has 3 N–H and O–H groups in total. The predicted octanol–water partition coefficient (Wildman–Crippen LogP) is 0.815. The molecule has 0 fully saturated rings. The highest BCUT2D eigenvalue weighted by atomic mass is 16.4. The summed E-state index contributed by atoms with van der Waals surface area (Å²) in [5, 5.41) is 22.6. The van der Waals surface area contributed by atoms with Crippen LogP contribution in [0, 0.1) is 0 Å². The van der Waals surface area contributed by atoms with Crippen LogP contribution in [0.2, 0.25) is 0 Å². The lowest BCUT2D eigenvalue weighted by molar-refractivity contribution is -0.170. The molecule has 1 unspecified atom stereocenters. The van der Waals surface area contributed by atoms with Crippen LogP contribution in [-0.2, 0) is 4.79 Å². The Morgan fingerprint density at radius 1 is 1.27 bits per heavy atom. The zero-order valence-electron chi connectivity index (χ0n) is 10.1. The van der Waals surface area contributed by atoms with E-state index in [1.165, 1.54) is 13.8 Å². The SMILES string of the molecule is CCCCC(O)(C(=O)NCC)C(C)(C)O. The van der Waals surface area contributed by atoms with E-state index in [0.717, 1.165) is 6.42 Å². The fourth-order valence-corrected chi connectivity index (χ4v) is 1.44. The number of carbonyl (C=O) groups excluding carboxylic acids is 1. The van der Waals surface area contributed by atoms with Crippen LogP contribution in [0.5, 0.6) is 0 Å². The van der Waals surface area contributed by atoms with Gasteiger partial charge in [-0.1, -0.05) is 19.8 Å². The zero-order valence-corrected chi connectivity index (χ0v) is 10.1. The first-order valence-corrected chi connectivity index (χ1v) is 5.52. The molecule has 0 aromatic carbocycles. The molecule has 0 aromatic rings. The van der Waals surface area contributed by atoms with Gasteiger partial charge in [0.2, 0.25) is 0 Å². The fraction of sp³-hybridized carbons (Fsp3) is 0.909. The summed E-state index contributed by atoms with van der Waals surface area (Å²) in [4.78, 5) is 11.7. The first kappa shape index (κ1) is 14.4. The Kier molecular flexibility index (Phi) is 5.24. The van der Waals surface area contributed by atoms with Crippen LogP contribution in [0.4, 0.5) is 0 Å². The van der Waals surface area contributed by atoms with Crippen LogP contribution in [0.3, 0.4) is 0 Å². The maximum Gasteiger partial charge on any atom is 0.254 e. The van der Waals surface area contributed by atoms with Gasteiger partial charge in [-0.05, 0) is 27.2 Å². The second kappa shape index (κ2) is 5.47. The molecule has 0 heterocycles. The molecule has 4 heteroatoms. The number of hydrogen-bond donors (Lipinski definition) is 3. The first-order chi connectivity index (χ1) is 6.79. The third kappa shape index (κ3) is 3.47. The molecule has 0 rings (SSSR count). The second-order valence-corrected chi connectivity index (χ2v) is 4.38. The first-order valence-electron chi connectivity index (χ1n) is 5.52. The summed E-state index contributed by atoms with van der Waals surface area (Å²) in [7, 11) is 0. The van der Waals surface area contributed by atoms with Crippen molar-refractivity contribution in [2.75, 3.05) is 6.54 Å². The van der Waals surface area contributed by atoms with E-state index >= 15 is 0 Å². The highest BCUT2D eigenvalue weighted by Crippen LogP contribution is 2.27. The van der Waals surface area contributed by atoms with Crippen molar-refractivity contribution < 1.29 is 15.0 Å². The van der Waals surface area contributed by atoms with E-state index in [4.69, 9.17) is 0 Å². The van der Waals surface area contributed by atoms with Gasteiger partial charge >= 0.3 is 0 Å². The number of likely N-dealkylation sites (N-methyl/N-ethyl adjacent to an activating group) is 1. The van der Waals surface area contributed by atoms with E-state index in [-0.39, 0.29) is 6.42 Å². The summed E-state index contributed by atoms with van der Waals surface area (Å²) in [6.45, 7) is 7.12. The molecule has 0 saturated carbocycles. The maximum absolute atomic E-state index is 11.7. The van der Waals surface area contributed by atoms with Gasteiger partial charge in [-0.2, -0.15) is 0 Å². The van der Waals surface area contributed by atoms with Crippen LogP contribution in [0.1, 0.15) is 47.0 Å². The molecule has 0 aliphatic rings. The zero-order chi connectivity index (χ0) is 12.1. The normalized spacial score (nSPS) is 15.9. The van der Waals surface area contributed by atoms with E-state index in [1.807, 2.05) is 6.92 Å². The lowest BCUT2D eigenvalue weighted by Gasteiger charge is -2.37. The molecule has 90 valence electrons. The lowest BCUT2D eigenvalue weighted by Crippen LogP contribution is -2.60. The van der Waals surface area contributed by atoms with Crippen LogP contribution in [0.25, 0.3) is 0 Å². The van der Waals surface area contributed by atoms with Crippen LogP contribution in [-0.4, -0.2) is 33.9 Å². The Bertz CT molecular complexity index is 210. The highest BCUT2D eigenvalue weighted by molar-refractivity contribution is 5.86. The van der Waals surface area contributed by atoms with Crippen molar-refractivity contribution in [1.82, 2.24) is 5.32 Å². The molecule has 0 aromatic heterocycles. The number of aliphatic hydroxyl groups is 2. The number of rotatable bonds is 6. The van der Waals surface area contributed by atoms with E-state index in [1.54, 1.807) is 6.92 Å². The molecule has 1 atom stereocenters. The molecule has 0 saturated heterocycles. The van der Waals surface area contributed by atoms with Crippen molar-refractivity contribution in [2.24, 2.45) is 0 Å². The number of unbranched alkanes of at least 4 members (excludes halogenated alkanes) is 1. The fourth-order valence-electron chi connectivity index (χ4n) is 1.44. The van der Waals surface area contributed by atoms with Gasteiger partial charge < -0.3 is 15.5 Å². The lowest BCUT2D eigenvalue weighted by atomic mass is 9.81. The average molecular weight is 217 g/mol. The molecule has 1 amide bonds. The summed E-state index contributed by atoms with van der Waals surface area (Å²) < 4.78 is 0. The van der Waals surface area contributed by atoms with Gasteiger partial charge in [0, 0.05) is 6.54 Å². The van der Waals surface area contributed by atoms with Crippen molar-refractivity contribution in [3.63, 3.8) is 0 Å². The molecule has 15 heavy (non-hydrogen) atoms. The standard InChI is InChI=1S/C11H23NO3/c1-5-7-8-11(15,10(3,4)14)9(13)12-6-2/h14-15H,5-8H2,1-4H3,(H,12,13). The third-order valence-corrected chi connectivity index (χ3v) is 2.62. The van der Waals surface area contributed by atoms with Crippen LogP contribution in [0.15, 0.2) is 0 Å². The van der Waals surface area contributed by atoms with Gasteiger partial charge in [-0.15, -0.1) is 0 Å². The second-order valence-electron chi connectivity index (χ2n) is 4.38. The molecule has 0 aliphatic heterocycles. The molecule has 0 radical (unpaired) electrons. The minimum Gasteiger partial charge on any atom is -0.387 e. The van der Waals surface area contributed by atoms with E-state index in [0.29, 0.717) is 13.0 Å². The van der Waals surface area contributed by atoms with Gasteiger partial charge in [0.05, 0.1) is 5.60 Å². The van der Waals surface area contributed by atoms with E-state index in [9.17, 15) is 15.0 Å². The molecular weight excluding hydrogens is 194 g/mol. The molecular formula is C11H23NO3. The average Bonchev–Trinajstić information content (AvgIpc) is 2.12. The summed E-state index contributed by atoms with van der Waals surface area (Å²) in [6.07, 6.45) is 1.86. The molecule has 0 aliphatic carbocycles. The molecule has 0 bridgehead atoms. The van der Waals surface area contributed by atoms with Crippen molar-refractivity contribution in [1.29, 1.82) is 0 Å². The largest absolute Gasteiger partial charge is 0.387 e. The summed E-state index contributed by atoms with van der Waals surface area (Å²) in [5.74, 6) is -0.494. The number of nitrogens with one attached hydrogen (secondary N) is 1. The molecule has 4 nitrogen and oxygen atoms in total. The summed E-state index contributed by atoms with van der Waals surface area (Å²) in [5.41, 5.74) is -3.12. The topological polar surface area (TPSA) is 69.6 Å². The van der Waals surface area contributed by atoms with Gasteiger partial charge in [0.25, 0.3) is 5.91 Å². The van der Waals surface area contributed by atoms with Crippen LogP contribution < -0.4 is 5.32 Å².